The first-order chi connectivity index (χ1) is 4.31. The van der Waals surface area contributed by atoms with E-state index < -0.39 is 0 Å². The zero-order chi connectivity index (χ0) is 7.70. The molecule has 0 aliphatic carbocycles. The molecule has 4 nitrogen and oxygen atoms in total. The van der Waals surface area contributed by atoms with Crippen LogP contribution in [-0.2, 0) is 14.3 Å². The summed E-state index contributed by atoms with van der Waals surface area (Å²) in [4.78, 5) is 10.1. The number of methoxy groups -OCH3 is 2. The summed E-state index contributed by atoms with van der Waals surface area (Å²) in [5.41, 5.74) is 0. The molecule has 0 aromatic carbocycles. The number of hydrogen-bond donors (Lipinski definition) is 1. The molecule has 0 unspecified atom stereocenters. The molecule has 0 heterocycles. The molecule has 0 aromatic rings. The van der Waals surface area contributed by atoms with Crippen molar-refractivity contribution in [2.24, 2.45) is 0 Å². The summed E-state index contributed by atoms with van der Waals surface area (Å²) in [7, 11) is 3.76. The minimum Gasteiger partial charge on any atom is -0.467 e. The number of hydrogen-bond acceptors (Lipinski definition) is 4. The Labute approximate surface area is 61.8 Å². The minimum atomic E-state index is -0.345. The van der Waals surface area contributed by atoms with Crippen LogP contribution in [0.5, 0.6) is 0 Å². The van der Waals surface area contributed by atoms with Gasteiger partial charge in [0.1, 0.15) is 6.61 Å². The van der Waals surface area contributed by atoms with E-state index in [1.807, 2.05) is 0 Å². The number of ether oxygens (including phenoxy) is 2. The molecular formula is C6H16O4. The third kappa shape index (κ3) is 15.7. The minimum absolute atomic E-state index is 0. The Morgan fingerprint density at radius 3 is 1.90 bits per heavy atom. The normalized spacial score (nSPS) is 6.40. The van der Waals surface area contributed by atoms with Gasteiger partial charge in [0.2, 0.25) is 0 Å². The Morgan fingerprint density at radius 2 is 1.80 bits per heavy atom. The number of carbonyl (C=O) groups is 1. The van der Waals surface area contributed by atoms with E-state index in [2.05, 4.69) is 9.47 Å². The first kappa shape index (κ1) is 16.2. The van der Waals surface area contributed by atoms with Crippen molar-refractivity contribution in [1.29, 1.82) is 0 Å². The summed E-state index contributed by atoms with van der Waals surface area (Å²) < 4.78 is 8.65. The van der Waals surface area contributed by atoms with Crippen LogP contribution in [0.25, 0.3) is 0 Å². The maximum Gasteiger partial charge on any atom is 0.331 e. The molecule has 0 fully saturated rings. The SMILES string of the molecule is C.CO.COCC(=O)OC. The van der Waals surface area contributed by atoms with Crippen LogP contribution in [0.15, 0.2) is 0 Å². The lowest BCUT2D eigenvalue weighted by atomic mass is 10.7. The fraction of sp³-hybridized carbons (Fsp3) is 0.833. The third-order valence-electron chi connectivity index (χ3n) is 0.490. The second-order valence-electron chi connectivity index (χ2n) is 1.01. The topological polar surface area (TPSA) is 55.8 Å². The Balaban J connectivity index is -0.000000149. The summed E-state index contributed by atoms with van der Waals surface area (Å²) in [6.45, 7) is 0.0382. The Bertz CT molecular complexity index is 62.8. The average Bonchev–Trinajstić information content (AvgIpc) is 1.93. The van der Waals surface area contributed by atoms with Gasteiger partial charge in [0.25, 0.3) is 0 Å². The smallest absolute Gasteiger partial charge is 0.331 e. The maximum atomic E-state index is 10.1. The standard InChI is InChI=1S/C4H8O3.CH4O.CH4/c1-6-3-4(5)7-2;1-2;/h3H2,1-2H3;2H,1H3;1H4. The predicted octanol–water partition coefficient (Wildman–Crippen LogP) is 0.0504. The third-order valence-corrected chi connectivity index (χ3v) is 0.490. The number of rotatable bonds is 2. The fourth-order valence-electron chi connectivity index (χ4n) is 0.177. The van der Waals surface area contributed by atoms with Gasteiger partial charge in [-0.25, -0.2) is 4.79 Å². The molecule has 1 N–H and O–H groups in total. The van der Waals surface area contributed by atoms with E-state index in [0.29, 0.717) is 0 Å². The highest BCUT2D eigenvalue weighted by Gasteiger charge is 1.93. The van der Waals surface area contributed by atoms with E-state index in [4.69, 9.17) is 5.11 Å². The fourth-order valence-corrected chi connectivity index (χ4v) is 0.177. The second-order valence-corrected chi connectivity index (χ2v) is 1.01. The molecule has 4 heteroatoms. The van der Waals surface area contributed by atoms with Gasteiger partial charge in [-0.05, 0) is 0 Å². The van der Waals surface area contributed by atoms with Crippen LogP contribution < -0.4 is 0 Å². The number of esters is 1. The van der Waals surface area contributed by atoms with Gasteiger partial charge in [0.05, 0.1) is 7.11 Å². The van der Waals surface area contributed by atoms with E-state index in [9.17, 15) is 4.79 Å². The van der Waals surface area contributed by atoms with Crippen molar-refractivity contribution in [3.8, 4) is 0 Å². The highest BCUT2D eigenvalue weighted by Crippen LogP contribution is 1.70. The summed E-state index contributed by atoms with van der Waals surface area (Å²) in [6, 6.07) is 0. The van der Waals surface area contributed by atoms with Crippen molar-refractivity contribution in [3.05, 3.63) is 0 Å². The molecule has 10 heavy (non-hydrogen) atoms. The van der Waals surface area contributed by atoms with E-state index in [1.54, 1.807) is 0 Å². The van der Waals surface area contributed by atoms with Gasteiger partial charge >= 0.3 is 5.97 Å². The zero-order valence-corrected chi connectivity index (χ0v) is 5.88. The number of aliphatic hydroxyl groups excluding tert-OH is 1. The first-order valence-electron chi connectivity index (χ1n) is 2.31. The molecule has 0 aromatic heterocycles. The van der Waals surface area contributed by atoms with Gasteiger partial charge < -0.3 is 14.6 Å². The predicted molar refractivity (Wildman–Crippen MR) is 38.8 cm³/mol. The molecule has 0 saturated carbocycles. The van der Waals surface area contributed by atoms with Crippen molar-refractivity contribution in [2.45, 2.75) is 7.43 Å². The van der Waals surface area contributed by atoms with Gasteiger partial charge in [-0.2, -0.15) is 0 Å². The monoisotopic (exact) mass is 152 g/mol. The van der Waals surface area contributed by atoms with Crippen LogP contribution in [0, 0.1) is 0 Å². The molecular weight excluding hydrogens is 136 g/mol. The van der Waals surface area contributed by atoms with Gasteiger partial charge in [-0.1, -0.05) is 7.43 Å². The van der Waals surface area contributed by atoms with Crippen LogP contribution >= 0.6 is 0 Å². The van der Waals surface area contributed by atoms with E-state index in [0.717, 1.165) is 7.11 Å². The lowest BCUT2D eigenvalue weighted by Crippen LogP contribution is -2.07. The zero-order valence-electron chi connectivity index (χ0n) is 5.88. The number of carbonyl (C=O) groups excluding carboxylic acids is 1. The van der Waals surface area contributed by atoms with Gasteiger partial charge in [0, 0.05) is 14.2 Å². The molecule has 0 aliphatic rings. The molecule has 0 spiro atoms. The quantitative estimate of drug-likeness (QED) is 0.568. The van der Waals surface area contributed by atoms with Crippen LogP contribution in [-0.4, -0.2) is 39.0 Å². The summed E-state index contributed by atoms with van der Waals surface area (Å²) in [6.07, 6.45) is 0. The highest BCUT2D eigenvalue weighted by molar-refractivity contribution is 5.70. The van der Waals surface area contributed by atoms with Crippen LogP contribution in [0.1, 0.15) is 7.43 Å². The van der Waals surface area contributed by atoms with E-state index in [-0.39, 0.29) is 20.0 Å². The maximum absolute atomic E-state index is 10.1. The van der Waals surface area contributed by atoms with Crippen molar-refractivity contribution >= 4 is 5.97 Å². The lowest BCUT2D eigenvalue weighted by molar-refractivity contribution is -0.144. The molecule has 0 atom stereocenters. The number of aliphatic hydroxyl groups is 1. The molecule has 0 radical (unpaired) electrons. The van der Waals surface area contributed by atoms with Gasteiger partial charge in [-0.3, -0.25) is 0 Å². The summed E-state index contributed by atoms with van der Waals surface area (Å²) in [5, 5.41) is 7.00. The van der Waals surface area contributed by atoms with Crippen LogP contribution in [0.2, 0.25) is 0 Å². The summed E-state index contributed by atoms with van der Waals surface area (Å²) in [5.74, 6) is -0.345. The van der Waals surface area contributed by atoms with Crippen LogP contribution in [0.4, 0.5) is 0 Å². The molecule has 0 saturated heterocycles. The second kappa shape index (κ2) is 15.8. The average molecular weight is 152 g/mol. The highest BCUT2D eigenvalue weighted by atomic mass is 16.6. The molecule has 0 amide bonds. The van der Waals surface area contributed by atoms with Crippen molar-refractivity contribution < 1.29 is 19.4 Å². The first-order valence-corrected chi connectivity index (χ1v) is 2.31. The van der Waals surface area contributed by atoms with E-state index in [1.165, 1.54) is 14.2 Å². The van der Waals surface area contributed by atoms with Crippen molar-refractivity contribution in [1.82, 2.24) is 0 Å². The largest absolute Gasteiger partial charge is 0.467 e. The lowest BCUT2D eigenvalue weighted by Gasteiger charge is -1.92. The molecule has 0 bridgehead atoms. The molecule has 64 valence electrons. The van der Waals surface area contributed by atoms with E-state index >= 15 is 0 Å². The van der Waals surface area contributed by atoms with Gasteiger partial charge in [0.15, 0.2) is 0 Å². The van der Waals surface area contributed by atoms with Crippen molar-refractivity contribution in [2.75, 3.05) is 27.9 Å². The Hall–Kier alpha value is -0.610. The summed E-state index contributed by atoms with van der Waals surface area (Å²) >= 11 is 0. The Kier molecular flexibility index (Phi) is 25.5. The Morgan fingerprint density at radius 1 is 1.40 bits per heavy atom. The molecule has 0 rings (SSSR count). The molecule has 0 aliphatic heterocycles. The van der Waals surface area contributed by atoms with Gasteiger partial charge in [-0.15, -0.1) is 0 Å². The van der Waals surface area contributed by atoms with Crippen LogP contribution in [0.3, 0.4) is 0 Å². The van der Waals surface area contributed by atoms with Crippen molar-refractivity contribution in [3.63, 3.8) is 0 Å².